The molecule has 0 aliphatic rings. The quantitative estimate of drug-likeness (QED) is 0.184. The third kappa shape index (κ3) is 5.15. The van der Waals surface area contributed by atoms with E-state index in [4.69, 9.17) is 4.99 Å². The monoisotopic (exact) mass is 387 g/mol. The highest BCUT2D eigenvalue weighted by Crippen LogP contribution is 2.23. The largest absolute Gasteiger partial charge is 0.333 e. The van der Waals surface area contributed by atoms with Gasteiger partial charge >= 0.3 is 0 Å². The Balaban J connectivity index is 1.73. The lowest BCUT2D eigenvalue weighted by Gasteiger charge is -2.17. The Kier molecular flexibility index (Phi) is 6.20. The van der Waals surface area contributed by atoms with Gasteiger partial charge in [0.15, 0.2) is 5.84 Å². The lowest BCUT2D eigenvalue weighted by atomic mass is 10.2. The molecule has 144 valence electrons. The zero-order valence-corrected chi connectivity index (χ0v) is 16.4. The van der Waals surface area contributed by atoms with E-state index < -0.39 is 0 Å². The van der Waals surface area contributed by atoms with Gasteiger partial charge in [-0.25, -0.2) is 4.99 Å². The van der Waals surface area contributed by atoms with Crippen LogP contribution in [0.1, 0.15) is 0 Å². The molecule has 3 nitrogen and oxygen atoms in total. The molecular formula is C27H21N3. The number of nitrogens with zero attached hydrogens (tertiary/aromatic N) is 2. The summed E-state index contributed by atoms with van der Waals surface area (Å²) in [7, 11) is 0. The van der Waals surface area contributed by atoms with E-state index in [0.717, 1.165) is 22.7 Å². The number of benzene rings is 4. The Morgan fingerprint density at radius 3 is 1.60 bits per heavy atom. The van der Waals surface area contributed by atoms with E-state index in [2.05, 4.69) is 17.3 Å². The Labute approximate surface area is 177 Å². The van der Waals surface area contributed by atoms with Gasteiger partial charge < -0.3 is 5.32 Å². The Morgan fingerprint density at radius 2 is 1.07 bits per heavy atom. The molecule has 3 heteroatoms. The standard InChI is InChI=1S/C27H21N3/c1-5-13-23(14-6-1)28-27(29-24-15-7-2-8-16-24)21-22-30(25-17-9-3-10-18-25)26-19-11-4-12-20-26/h1-20H,(H,28,29). The maximum atomic E-state index is 4.72. The number of para-hydroxylation sites is 4. The Hall–Kier alpha value is -4.29. The van der Waals surface area contributed by atoms with Crippen molar-refractivity contribution in [2.45, 2.75) is 0 Å². The van der Waals surface area contributed by atoms with Crippen molar-refractivity contribution < 1.29 is 0 Å². The second-order valence-electron chi connectivity index (χ2n) is 6.53. The number of hydrogen-bond acceptors (Lipinski definition) is 2. The van der Waals surface area contributed by atoms with Crippen LogP contribution in [0.5, 0.6) is 0 Å². The summed E-state index contributed by atoms with van der Waals surface area (Å²) in [4.78, 5) is 6.68. The molecule has 0 aromatic heterocycles. The summed E-state index contributed by atoms with van der Waals surface area (Å²) in [6.07, 6.45) is 0. The van der Waals surface area contributed by atoms with Crippen LogP contribution in [0.4, 0.5) is 22.7 Å². The third-order valence-electron chi connectivity index (χ3n) is 4.35. The summed E-state index contributed by atoms with van der Waals surface area (Å²) < 4.78 is 0. The van der Waals surface area contributed by atoms with Crippen molar-refractivity contribution in [2.75, 3.05) is 10.2 Å². The summed E-state index contributed by atoms with van der Waals surface area (Å²) in [5.74, 6) is 3.80. The molecular weight excluding hydrogens is 366 g/mol. The predicted molar refractivity (Wildman–Crippen MR) is 126 cm³/mol. The molecule has 4 aromatic carbocycles. The van der Waals surface area contributed by atoms with Gasteiger partial charge in [-0.2, -0.15) is 0 Å². The van der Waals surface area contributed by atoms with Gasteiger partial charge in [-0.15, -0.1) is 0 Å². The van der Waals surface area contributed by atoms with Gasteiger partial charge in [-0.05, 0) is 54.5 Å². The van der Waals surface area contributed by atoms with Gasteiger partial charge in [0.1, 0.15) is 0 Å². The minimum absolute atomic E-state index is 0.573. The number of rotatable bonds is 4. The zero-order chi connectivity index (χ0) is 20.4. The van der Waals surface area contributed by atoms with Gasteiger partial charge in [0, 0.05) is 11.7 Å². The second kappa shape index (κ2) is 9.77. The van der Waals surface area contributed by atoms with Crippen LogP contribution >= 0.6 is 0 Å². The number of anilines is 3. The van der Waals surface area contributed by atoms with E-state index in [9.17, 15) is 0 Å². The average Bonchev–Trinajstić information content (AvgIpc) is 2.82. The molecule has 0 spiro atoms. The first-order valence-electron chi connectivity index (χ1n) is 9.76. The van der Waals surface area contributed by atoms with E-state index in [1.54, 1.807) is 0 Å². The van der Waals surface area contributed by atoms with Crippen LogP contribution in [0.25, 0.3) is 0 Å². The molecule has 30 heavy (non-hydrogen) atoms. The Bertz CT molecular complexity index is 1100. The van der Waals surface area contributed by atoms with Crippen LogP contribution in [-0.4, -0.2) is 5.84 Å². The van der Waals surface area contributed by atoms with Crippen LogP contribution in [-0.2, 0) is 0 Å². The first-order valence-corrected chi connectivity index (χ1v) is 9.76. The number of hydrogen-bond donors (Lipinski definition) is 1. The first-order chi connectivity index (χ1) is 14.9. The fourth-order valence-corrected chi connectivity index (χ4v) is 2.92. The predicted octanol–water partition coefficient (Wildman–Crippen LogP) is 6.63. The van der Waals surface area contributed by atoms with E-state index >= 15 is 0 Å². The van der Waals surface area contributed by atoms with Crippen molar-refractivity contribution in [2.24, 2.45) is 4.99 Å². The van der Waals surface area contributed by atoms with Crippen molar-refractivity contribution in [3.05, 3.63) is 121 Å². The molecule has 0 aliphatic carbocycles. The van der Waals surface area contributed by atoms with E-state index in [1.807, 2.05) is 126 Å². The van der Waals surface area contributed by atoms with Crippen molar-refractivity contribution in [1.29, 1.82) is 0 Å². The summed E-state index contributed by atoms with van der Waals surface area (Å²) >= 11 is 0. The smallest absolute Gasteiger partial charge is 0.185 e. The van der Waals surface area contributed by atoms with Crippen LogP contribution in [0.2, 0.25) is 0 Å². The van der Waals surface area contributed by atoms with Crippen LogP contribution < -0.4 is 10.2 Å². The number of nitrogens with one attached hydrogen (secondary N) is 1. The van der Waals surface area contributed by atoms with Gasteiger partial charge in [0.05, 0.1) is 17.1 Å². The van der Waals surface area contributed by atoms with E-state index in [-0.39, 0.29) is 0 Å². The molecule has 0 atom stereocenters. The van der Waals surface area contributed by atoms with Gasteiger partial charge in [-0.3, -0.25) is 4.90 Å². The highest BCUT2D eigenvalue weighted by atomic mass is 15.1. The summed E-state index contributed by atoms with van der Waals surface area (Å²) in [6.45, 7) is 0. The molecule has 0 bridgehead atoms. The Morgan fingerprint density at radius 1 is 0.600 bits per heavy atom. The molecule has 0 aliphatic heterocycles. The lowest BCUT2D eigenvalue weighted by Crippen LogP contribution is -2.13. The maximum Gasteiger partial charge on any atom is 0.185 e. The molecule has 4 rings (SSSR count). The normalized spacial score (nSPS) is 10.6. The molecule has 4 aromatic rings. The van der Waals surface area contributed by atoms with Crippen molar-refractivity contribution in [3.8, 4) is 12.0 Å². The van der Waals surface area contributed by atoms with Crippen molar-refractivity contribution in [3.63, 3.8) is 0 Å². The zero-order valence-electron chi connectivity index (χ0n) is 16.4. The van der Waals surface area contributed by atoms with E-state index in [1.165, 1.54) is 0 Å². The molecule has 0 heterocycles. The molecule has 0 amide bonds. The lowest BCUT2D eigenvalue weighted by molar-refractivity contribution is 1.33. The van der Waals surface area contributed by atoms with Crippen LogP contribution in [0, 0.1) is 12.0 Å². The molecule has 0 fully saturated rings. The van der Waals surface area contributed by atoms with Gasteiger partial charge in [0.2, 0.25) is 0 Å². The molecule has 0 radical (unpaired) electrons. The second-order valence-corrected chi connectivity index (χ2v) is 6.53. The summed E-state index contributed by atoms with van der Waals surface area (Å²) in [5.41, 5.74) is 3.77. The molecule has 1 N–H and O–H groups in total. The fraction of sp³-hybridized carbons (Fsp3) is 0. The maximum absolute atomic E-state index is 4.72. The molecule has 0 saturated heterocycles. The molecule has 0 unspecified atom stereocenters. The topological polar surface area (TPSA) is 27.6 Å². The number of amidine groups is 1. The van der Waals surface area contributed by atoms with Gasteiger partial charge in [0.25, 0.3) is 0 Å². The summed E-state index contributed by atoms with van der Waals surface area (Å²) in [5, 5.41) is 3.34. The van der Waals surface area contributed by atoms with Crippen LogP contribution in [0.3, 0.4) is 0 Å². The van der Waals surface area contributed by atoms with Crippen LogP contribution in [0.15, 0.2) is 126 Å². The fourth-order valence-electron chi connectivity index (χ4n) is 2.92. The third-order valence-corrected chi connectivity index (χ3v) is 4.35. The SMILES string of the molecule is C(#CN(c1ccccc1)c1ccccc1)C(=Nc1ccccc1)Nc1ccccc1. The van der Waals surface area contributed by atoms with Crippen molar-refractivity contribution in [1.82, 2.24) is 0 Å². The highest BCUT2D eigenvalue weighted by molar-refractivity contribution is 6.09. The van der Waals surface area contributed by atoms with E-state index in [0.29, 0.717) is 5.84 Å². The van der Waals surface area contributed by atoms with Crippen molar-refractivity contribution >= 4 is 28.6 Å². The van der Waals surface area contributed by atoms with Gasteiger partial charge in [-0.1, -0.05) is 72.8 Å². The first kappa shape index (κ1) is 19.0. The highest BCUT2D eigenvalue weighted by Gasteiger charge is 2.06. The number of aliphatic imine (C=N–C) groups is 1. The average molecular weight is 387 g/mol. The molecule has 0 saturated carbocycles. The minimum Gasteiger partial charge on any atom is -0.333 e. The summed E-state index contributed by atoms with van der Waals surface area (Å²) in [6, 6.07) is 43.2. The minimum atomic E-state index is 0.573.